The van der Waals surface area contributed by atoms with E-state index in [0.717, 1.165) is 9.87 Å². The van der Waals surface area contributed by atoms with Crippen LogP contribution in [0.3, 0.4) is 0 Å². The van der Waals surface area contributed by atoms with E-state index in [4.69, 9.17) is 23.7 Å². The highest BCUT2D eigenvalue weighted by Gasteiger charge is 2.36. The molecule has 4 aromatic rings. The van der Waals surface area contributed by atoms with E-state index in [1.54, 1.807) is 36.4 Å². The molecule has 4 rings (SSSR count). The summed E-state index contributed by atoms with van der Waals surface area (Å²) in [6.45, 7) is -0.729. The summed E-state index contributed by atoms with van der Waals surface area (Å²) in [6, 6.07) is 24.1. The highest BCUT2D eigenvalue weighted by molar-refractivity contribution is 7.92. The van der Waals surface area contributed by atoms with Crippen LogP contribution in [0.5, 0.6) is 28.7 Å². The molecular formula is C36H41N3O9S. The Morgan fingerprint density at radius 1 is 0.694 bits per heavy atom. The number of rotatable bonds is 16. The maximum Gasteiger partial charge on any atom is 0.265 e. The molecule has 1 N–H and O–H groups in total. The van der Waals surface area contributed by atoms with Crippen LogP contribution in [0.15, 0.2) is 95.9 Å². The van der Waals surface area contributed by atoms with E-state index in [9.17, 15) is 18.0 Å². The summed E-state index contributed by atoms with van der Waals surface area (Å²) in [5.74, 6) is 0.481. The van der Waals surface area contributed by atoms with Gasteiger partial charge in [-0.25, -0.2) is 8.42 Å². The van der Waals surface area contributed by atoms with Crippen molar-refractivity contribution in [2.75, 3.05) is 53.4 Å². The zero-order valence-electron chi connectivity index (χ0n) is 28.3. The molecule has 2 amide bonds. The number of sulfonamides is 1. The SMILES string of the molecule is CNC(=O)[C@@H](Cc1ccccc1)N(Cc1cccc(OC)c1)C(=O)CN(c1cc(OC)ccc1OC)S(=O)(=O)c1ccc(OC)c(OC)c1. The van der Waals surface area contributed by atoms with Crippen LogP contribution in [0.1, 0.15) is 11.1 Å². The van der Waals surface area contributed by atoms with E-state index in [1.165, 1.54) is 71.8 Å². The first-order chi connectivity index (χ1) is 23.6. The van der Waals surface area contributed by atoms with E-state index in [2.05, 4.69) is 5.32 Å². The Morgan fingerprint density at radius 2 is 1.33 bits per heavy atom. The quantitative estimate of drug-likeness (QED) is 0.183. The van der Waals surface area contributed by atoms with Gasteiger partial charge >= 0.3 is 0 Å². The minimum Gasteiger partial charge on any atom is -0.497 e. The van der Waals surface area contributed by atoms with Gasteiger partial charge in [-0.1, -0.05) is 42.5 Å². The Balaban J connectivity index is 1.89. The molecule has 0 spiro atoms. The fourth-order valence-corrected chi connectivity index (χ4v) is 6.73. The van der Waals surface area contributed by atoms with Crippen molar-refractivity contribution in [3.8, 4) is 28.7 Å². The number of carbonyl (C=O) groups excluding carboxylic acids is 2. The number of methoxy groups -OCH3 is 5. The average Bonchev–Trinajstić information content (AvgIpc) is 3.14. The van der Waals surface area contributed by atoms with Crippen molar-refractivity contribution in [1.82, 2.24) is 10.2 Å². The summed E-state index contributed by atoms with van der Waals surface area (Å²) in [5, 5.41) is 2.68. The van der Waals surface area contributed by atoms with Crippen LogP contribution < -0.4 is 33.3 Å². The number of amides is 2. The first-order valence-corrected chi connectivity index (χ1v) is 16.7. The van der Waals surface area contributed by atoms with E-state index >= 15 is 0 Å². The zero-order valence-corrected chi connectivity index (χ0v) is 29.2. The van der Waals surface area contributed by atoms with Crippen LogP contribution >= 0.6 is 0 Å². The first kappa shape index (κ1) is 36.4. The molecule has 0 aliphatic carbocycles. The second-order valence-corrected chi connectivity index (χ2v) is 12.6. The molecule has 260 valence electrons. The smallest absolute Gasteiger partial charge is 0.265 e. The molecule has 0 saturated heterocycles. The van der Waals surface area contributed by atoms with Crippen LogP contribution in [0, 0.1) is 0 Å². The highest BCUT2D eigenvalue weighted by Crippen LogP contribution is 2.38. The van der Waals surface area contributed by atoms with E-state index < -0.39 is 34.4 Å². The molecule has 1 atom stereocenters. The maximum atomic E-state index is 14.7. The van der Waals surface area contributed by atoms with Crippen molar-refractivity contribution in [3.05, 3.63) is 102 Å². The van der Waals surface area contributed by atoms with E-state index in [-0.39, 0.29) is 35.0 Å². The molecule has 0 radical (unpaired) electrons. The van der Waals surface area contributed by atoms with Gasteiger partial charge < -0.3 is 33.9 Å². The molecule has 0 fully saturated rings. The number of carbonyl (C=O) groups is 2. The van der Waals surface area contributed by atoms with Crippen LogP contribution in [0.2, 0.25) is 0 Å². The van der Waals surface area contributed by atoms with Gasteiger partial charge in [0.2, 0.25) is 11.8 Å². The molecule has 12 nitrogen and oxygen atoms in total. The summed E-state index contributed by atoms with van der Waals surface area (Å²) < 4.78 is 57.2. The molecule has 0 aliphatic rings. The van der Waals surface area contributed by atoms with Gasteiger partial charge in [0.05, 0.1) is 46.1 Å². The number of hydrogen-bond donors (Lipinski definition) is 1. The lowest BCUT2D eigenvalue weighted by atomic mass is 10.0. The van der Waals surface area contributed by atoms with Gasteiger partial charge in [0, 0.05) is 32.1 Å². The van der Waals surface area contributed by atoms with Crippen LogP contribution in [-0.2, 0) is 32.6 Å². The summed E-state index contributed by atoms with van der Waals surface area (Å²) in [5.41, 5.74) is 1.53. The predicted octanol–water partition coefficient (Wildman–Crippen LogP) is 4.31. The van der Waals surface area contributed by atoms with Gasteiger partial charge in [-0.2, -0.15) is 0 Å². The highest BCUT2D eigenvalue weighted by atomic mass is 32.2. The summed E-state index contributed by atoms with van der Waals surface area (Å²) in [6.07, 6.45) is 0.168. The van der Waals surface area contributed by atoms with Crippen molar-refractivity contribution in [1.29, 1.82) is 0 Å². The number of ether oxygens (including phenoxy) is 5. The lowest BCUT2D eigenvalue weighted by Crippen LogP contribution is -2.53. The molecular weight excluding hydrogens is 650 g/mol. The third-order valence-corrected chi connectivity index (χ3v) is 9.64. The molecule has 0 heterocycles. The van der Waals surface area contributed by atoms with Crippen LogP contribution in [0.25, 0.3) is 0 Å². The second-order valence-electron chi connectivity index (χ2n) is 10.8. The molecule has 0 aliphatic heterocycles. The minimum absolute atomic E-state index is 0.0273. The topological polar surface area (TPSA) is 133 Å². The van der Waals surface area contributed by atoms with Gasteiger partial charge in [0.1, 0.15) is 29.8 Å². The van der Waals surface area contributed by atoms with Gasteiger partial charge in [-0.05, 0) is 47.5 Å². The normalized spacial score (nSPS) is 11.6. The summed E-state index contributed by atoms with van der Waals surface area (Å²) >= 11 is 0. The number of anilines is 1. The van der Waals surface area contributed by atoms with Crippen LogP contribution in [-0.4, -0.2) is 80.3 Å². The average molecular weight is 692 g/mol. The number of nitrogens with one attached hydrogen (secondary N) is 1. The molecule has 0 aromatic heterocycles. The molecule has 0 unspecified atom stereocenters. The minimum atomic E-state index is -4.50. The largest absolute Gasteiger partial charge is 0.497 e. The molecule has 4 aromatic carbocycles. The Hall–Kier alpha value is -5.43. The number of hydrogen-bond acceptors (Lipinski definition) is 9. The second kappa shape index (κ2) is 16.6. The fourth-order valence-electron chi connectivity index (χ4n) is 5.30. The molecule has 0 saturated carbocycles. The maximum absolute atomic E-state index is 14.7. The van der Waals surface area contributed by atoms with Crippen molar-refractivity contribution < 1.29 is 41.7 Å². The van der Waals surface area contributed by atoms with Gasteiger partial charge in [-0.15, -0.1) is 0 Å². The van der Waals surface area contributed by atoms with E-state index in [0.29, 0.717) is 22.8 Å². The lowest BCUT2D eigenvalue weighted by molar-refractivity contribution is -0.139. The van der Waals surface area contributed by atoms with E-state index in [1.807, 2.05) is 30.3 Å². The van der Waals surface area contributed by atoms with Crippen molar-refractivity contribution in [2.45, 2.75) is 23.9 Å². The van der Waals surface area contributed by atoms with Gasteiger partial charge in [0.15, 0.2) is 11.5 Å². The third-order valence-electron chi connectivity index (χ3n) is 7.88. The van der Waals surface area contributed by atoms with Crippen LogP contribution in [0.4, 0.5) is 5.69 Å². The Labute approximate surface area is 287 Å². The molecule has 49 heavy (non-hydrogen) atoms. The standard InChI is InChI=1S/C36H41N3O9S/c1-37-36(41)31(20-25-11-8-7-9-12-25)38(23-26-13-10-14-27(19-26)44-2)35(40)24-39(30-21-28(45-3)15-17-32(30)46-4)49(42,43)29-16-18-33(47-5)34(22-29)48-6/h7-19,21-22,31H,20,23-24H2,1-6H3,(H,37,41)/t31-/m1/s1. The fraction of sp³-hybridized carbons (Fsp3) is 0.278. The van der Waals surface area contributed by atoms with Gasteiger partial charge in [0.25, 0.3) is 10.0 Å². The Bertz CT molecular complexity index is 1850. The van der Waals surface area contributed by atoms with Crippen molar-refractivity contribution >= 4 is 27.5 Å². The summed E-state index contributed by atoms with van der Waals surface area (Å²) in [7, 11) is 4.19. The first-order valence-electron chi connectivity index (χ1n) is 15.2. The summed E-state index contributed by atoms with van der Waals surface area (Å²) in [4.78, 5) is 29.4. The Morgan fingerprint density at radius 3 is 1.96 bits per heavy atom. The van der Waals surface area contributed by atoms with Gasteiger partial charge in [-0.3, -0.25) is 13.9 Å². The number of likely N-dealkylation sites (N-methyl/N-ethyl adjacent to an activating group) is 1. The van der Waals surface area contributed by atoms with Crippen molar-refractivity contribution in [2.24, 2.45) is 0 Å². The third kappa shape index (κ3) is 8.54. The molecule has 0 bridgehead atoms. The number of benzene rings is 4. The van der Waals surface area contributed by atoms with Crippen molar-refractivity contribution in [3.63, 3.8) is 0 Å². The lowest BCUT2D eigenvalue weighted by Gasteiger charge is -2.34. The number of nitrogens with zero attached hydrogens (tertiary/aromatic N) is 2. The monoisotopic (exact) mass is 691 g/mol. The Kier molecular flexibility index (Phi) is 12.3. The molecule has 13 heteroatoms. The zero-order chi connectivity index (χ0) is 35.6. The predicted molar refractivity (Wildman–Crippen MR) is 185 cm³/mol.